The second kappa shape index (κ2) is 7.74. The third kappa shape index (κ3) is 3.59. The quantitative estimate of drug-likeness (QED) is 0.454. The summed E-state index contributed by atoms with van der Waals surface area (Å²) in [5.41, 5.74) is 0.465. The molecule has 7 nitrogen and oxygen atoms in total. The van der Waals surface area contributed by atoms with Crippen LogP contribution in [0.5, 0.6) is 5.75 Å². The molecular formula is C25H20FN3O4. The number of imide groups is 1. The maximum absolute atomic E-state index is 13.3. The van der Waals surface area contributed by atoms with Crippen molar-refractivity contribution in [2.24, 2.45) is 0 Å². The number of benzene rings is 3. The fraction of sp³-hybridized carbons (Fsp3) is 0.160. The molecule has 1 aliphatic heterocycles. The van der Waals surface area contributed by atoms with E-state index in [0.717, 1.165) is 21.4 Å². The molecule has 0 aliphatic carbocycles. The molecule has 2 heterocycles. The number of carbonyl (C=O) groups is 2. The first-order valence-electron chi connectivity index (χ1n) is 10.3. The van der Waals surface area contributed by atoms with Crippen LogP contribution in [0.15, 0.2) is 71.3 Å². The summed E-state index contributed by atoms with van der Waals surface area (Å²) in [6, 6.07) is 16.5. The average Bonchev–Trinajstić information content (AvgIpc) is 3.38. The Morgan fingerprint density at radius 1 is 1.06 bits per heavy atom. The Kier molecular flexibility index (Phi) is 4.85. The number of rotatable bonds is 5. The first kappa shape index (κ1) is 20.7. The molecule has 1 N–H and O–H groups in total. The van der Waals surface area contributed by atoms with E-state index < -0.39 is 11.6 Å². The van der Waals surface area contributed by atoms with Crippen LogP contribution in [0.3, 0.4) is 0 Å². The molecule has 0 bridgehead atoms. The van der Waals surface area contributed by atoms with E-state index in [9.17, 15) is 14.0 Å². The first-order chi connectivity index (χ1) is 15.9. The molecule has 8 heteroatoms. The summed E-state index contributed by atoms with van der Waals surface area (Å²) in [5, 5.41) is 4.70. The van der Waals surface area contributed by atoms with E-state index in [2.05, 4.69) is 10.3 Å². The SMILES string of the molecule is COc1ccc2cc([C@]3(C)NC(=O)N(Cc4coc(-c5ccc(F)cc5)n4)C3=O)ccc2c1. The van der Waals surface area contributed by atoms with Crippen molar-refractivity contribution >= 4 is 22.7 Å². The van der Waals surface area contributed by atoms with Crippen LogP contribution in [-0.2, 0) is 16.9 Å². The summed E-state index contributed by atoms with van der Waals surface area (Å²) in [5.74, 6) is 0.277. The summed E-state index contributed by atoms with van der Waals surface area (Å²) < 4.78 is 23.9. The van der Waals surface area contributed by atoms with Gasteiger partial charge < -0.3 is 14.5 Å². The van der Waals surface area contributed by atoms with E-state index in [-0.39, 0.29) is 24.2 Å². The molecule has 1 aromatic heterocycles. The molecule has 0 saturated carbocycles. The zero-order valence-corrected chi connectivity index (χ0v) is 18.0. The minimum absolute atomic E-state index is 0.0459. The number of ether oxygens (including phenoxy) is 1. The lowest BCUT2D eigenvalue weighted by atomic mass is 9.90. The summed E-state index contributed by atoms with van der Waals surface area (Å²) in [6.07, 6.45) is 1.39. The second-order valence-electron chi connectivity index (χ2n) is 8.03. The van der Waals surface area contributed by atoms with Gasteiger partial charge in [-0.2, -0.15) is 0 Å². The van der Waals surface area contributed by atoms with Crippen LogP contribution in [-0.4, -0.2) is 28.9 Å². The van der Waals surface area contributed by atoms with Gasteiger partial charge in [0.2, 0.25) is 5.89 Å². The van der Waals surface area contributed by atoms with E-state index >= 15 is 0 Å². The summed E-state index contributed by atoms with van der Waals surface area (Å²) in [4.78, 5) is 31.5. The lowest BCUT2D eigenvalue weighted by Crippen LogP contribution is -2.40. The van der Waals surface area contributed by atoms with Gasteiger partial charge in [0.15, 0.2) is 0 Å². The summed E-state index contributed by atoms with van der Waals surface area (Å²) in [6.45, 7) is 1.64. The fourth-order valence-electron chi connectivity index (χ4n) is 3.96. The van der Waals surface area contributed by atoms with E-state index in [4.69, 9.17) is 9.15 Å². The number of halogens is 1. The molecular weight excluding hydrogens is 425 g/mol. The van der Waals surface area contributed by atoms with Crippen molar-refractivity contribution in [3.8, 4) is 17.2 Å². The van der Waals surface area contributed by atoms with Crippen molar-refractivity contribution in [3.63, 3.8) is 0 Å². The average molecular weight is 445 g/mol. The third-order valence-electron chi connectivity index (χ3n) is 5.86. The molecule has 4 aromatic rings. The monoisotopic (exact) mass is 445 g/mol. The molecule has 33 heavy (non-hydrogen) atoms. The largest absolute Gasteiger partial charge is 0.497 e. The third-order valence-corrected chi connectivity index (χ3v) is 5.86. The lowest BCUT2D eigenvalue weighted by Gasteiger charge is -2.22. The van der Waals surface area contributed by atoms with E-state index in [1.165, 1.54) is 18.4 Å². The van der Waals surface area contributed by atoms with Crippen molar-refractivity contribution in [1.82, 2.24) is 15.2 Å². The van der Waals surface area contributed by atoms with Crippen LogP contribution >= 0.6 is 0 Å². The predicted octanol–water partition coefficient (Wildman–Crippen LogP) is 4.61. The van der Waals surface area contributed by atoms with E-state index in [1.807, 2.05) is 36.4 Å². The van der Waals surface area contributed by atoms with Crippen LogP contribution < -0.4 is 10.1 Å². The highest BCUT2D eigenvalue weighted by Crippen LogP contribution is 2.33. The number of methoxy groups -OCH3 is 1. The number of aromatic nitrogens is 1. The van der Waals surface area contributed by atoms with Crippen molar-refractivity contribution in [2.45, 2.75) is 19.0 Å². The smallest absolute Gasteiger partial charge is 0.325 e. The van der Waals surface area contributed by atoms with Crippen molar-refractivity contribution in [3.05, 3.63) is 84.0 Å². The Morgan fingerprint density at radius 3 is 2.55 bits per heavy atom. The Hall–Kier alpha value is -4.20. The Morgan fingerprint density at radius 2 is 1.79 bits per heavy atom. The molecule has 0 spiro atoms. The number of nitrogens with zero attached hydrogens (tertiary/aromatic N) is 2. The Bertz CT molecular complexity index is 1380. The van der Waals surface area contributed by atoms with E-state index in [1.54, 1.807) is 26.2 Å². The summed E-state index contributed by atoms with van der Waals surface area (Å²) >= 11 is 0. The van der Waals surface area contributed by atoms with Gasteiger partial charge in [0, 0.05) is 5.56 Å². The minimum Gasteiger partial charge on any atom is -0.497 e. The molecule has 1 fully saturated rings. The van der Waals surface area contributed by atoms with Crippen molar-refractivity contribution < 1.29 is 23.1 Å². The molecule has 3 amide bonds. The van der Waals surface area contributed by atoms with Crippen LogP contribution in [0, 0.1) is 5.82 Å². The number of fused-ring (bicyclic) bond motifs is 1. The van der Waals surface area contributed by atoms with Crippen molar-refractivity contribution in [1.29, 1.82) is 0 Å². The molecule has 1 aliphatic rings. The fourth-order valence-corrected chi connectivity index (χ4v) is 3.96. The normalized spacial score (nSPS) is 18.1. The minimum atomic E-state index is -1.21. The zero-order valence-electron chi connectivity index (χ0n) is 18.0. The van der Waals surface area contributed by atoms with Crippen LogP contribution in [0.2, 0.25) is 0 Å². The van der Waals surface area contributed by atoms with Gasteiger partial charge in [0.1, 0.15) is 23.4 Å². The Labute approximate surface area is 188 Å². The molecule has 0 radical (unpaired) electrons. The highest BCUT2D eigenvalue weighted by atomic mass is 19.1. The zero-order chi connectivity index (χ0) is 23.2. The van der Waals surface area contributed by atoms with Gasteiger partial charge in [-0.25, -0.2) is 14.2 Å². The summed E-state index contributed by atoms with van der Waals surface area (Å²) in [7, 11) is 1.61. The van der Waals surface area contributed by atoms with Gasteiger partial charge in [-0.3, -0.25) is 9.69 Å². The van der Waals surface area contributed by atoms with Gasteiger partial charge >= 0.3 is 6.03 Å². The molecule has 166 valence electrons. The second-order valence-corrected chi connectivity index (χ2v) is 8.03. The standard InChI is InChI=1S/C25H20FN3O4/c1-25(18-7-3-17-12-21(32-2)10-6-16(17)11-18)23(30)29(24(31)28-25)13-20-14-33-22(27-20)15-4-8-19(26)9-5-15/h3-12,14H,13H2,1-2H3,(H,28,31)/t25-/m0/s1. The molecule has 3 aromatic carbocycles. The maximum Gasteiger partial charge on any atom is 0.325 e. The van der Waals surface area contributed by atoms with Gasteiger partial charge in [-0.1, -0.05) is 18.2 Å². The number of hydrogen-bond acceptors (Lipinski definition) is 5. The first-order valence-corrected chi connectivity index (χ1v) is 10.3. The Balaban J connectivity index is 1.39. The molecule has 5 rings (SSSR count). The number of carbonyl (C=O) groups excluding carboxylic acids is 2. The van der Waals surface area contributed by atoms with Crippen LogP contribution in [0.1, 0.15) is 18.2 Å². The number of oxazole rings is 1. The number of hydrogen-bond donors (Lipinski definition) is 1. The molecule has 1 saturated heterocycles. The highest BCUT2D eigenvalue weighted by Gasteiger charge is 2.49. The highest BCUT2D eigenvalue weighted by molar-refractivity contribution is 6.07. The van der Waals surface area contributed by atoms with Gasteiger partial charge in [0.05, 0.1) is 19.3 Å². The lowest BCUT2D eigenvalue weighted by molar-refractivity contribution is -0.131. The number of urea groups is 1. The van der Waals surface area contributed by atoms with Gasteiger partial charge in [0.25, 0.3) is 5.91 Å². The van der Waals surface area contributed by atoms with E-state index in [0.29, 0.717) is 16.8 Å². The topological polar surface area (TPSA) is 84.7 Å². The van der Waals surface area contributed by atoms with Crippen molar-refractivity contribution in [2.75, 3.05) is 7.11 Å². The predicted molar refractivity (Wildman–Crippen MR) is 119 cm³/mol. The number of amides is 3. The van der Waals surface area contributed by atoms with Crippen LogP contribution in [0.4, 0.5) is 9.18 Å². The number of nitrogens with one attached hydrogen (secondary N) is 1. The maximum atomic E-state index is 13.3. The van der Waals surface area contributed by atoms with Crippen LogP contribution in [0.25, 0.3) is 22.2 Å². The van der Waals surface area contributed by atoms with Gasteiger partial charge in [-0.15, -0.1) is 0 Å². The molecule has 1 atom stereocenters. The van der Waals surface area contributed by atoms with Gasteiger partial charge in [-0.05, 0) is 65.7 Å². The molecule has 0 unspecified atom stereocenters.